The second-order valence-corrected chi connectivity index (χ2v) is 4.95. The van der Waals surface area contributed by atoms with Crippen LogP contribution in [-0.2, 0) is 6.42 Å². The second kappa shape index (κ2) is 6.39. The smallest absolute Gasteiger partial charge is 0.278 e. The van der Waals surface area contributed by atoms with E-state index in [9.17, 15) is 9.18 Å². The third-order valence-electron chi connectivity index (χ3n) is 3.42. The van der Waals surface area contributed by atoms with Crippen molar-refractivity contribution in [1.29, 1.82) is 0 Å². The van der Waals surface area contributed by atoms with Gasteiger partial charge < -0.3 is 5.32 Å². The normalized spacial score (nSPS) is 10.5. The van der Waals surface area contributed by atoms with E-state index in [2.05, 4.69) is 15.6 Å². The molecule has 1 heterocycles. The number of anilines is 1. The van der Waals surface area contributed by atoms with Crippen molar-refractivity contribution in [3.8, 4) is 5.69 Å². The molecule has 23 heavy (non-hydrogen) atoms. The number of nitrogens with zero attached hydrogens (tertiary/aromatic N) is 3. The highest BCUT2D eigenvalue weighted by molar-refractivity contribution is 6.03. The van der Waals surface area contributed by atoms with Crippen molar-refractivity contribution in [2.75, 3.05) is 5.32 Å². The van der Waals surface area contributed by atoms with Crippen LogP contribution in [0.2, 0.25) is 0 Å². The lowest BCUT2D eigenvalue weighted by atomic mass is 10.2. The Labute approximate surface area is 132 Å². The van der Waals surface area contributed by atoms with Crippen LogP contribution in [0, 0.1) is 5.82 Å². The maximum Gasteiger partial charge on any atom is 0.278 e. The van der Waals surface area contributed by atoms with Crippen molar-refractivity contribution in [3.05, 3.63) is 71.8 Å². The Morgan fingerprint density at radius 2 is 1.83 bits per heavy atom. The van der Waals surface area contributed by atoms with Gasteiger partial charge in [-0.1, -0.05) is 30.3 Å². The van der Waals surface area contributed by atoms with Crippen LogP contribution in [0.15, 0.2) is 54.6 Å². The fourth-order valence-electron chi connectivity index (χ4n) is 2.30. The van der Waals surface area contributed by atoms with E-state index in [1.807, 2.05) is 37.3 Å². The Balaban J connectivity index is 1.89. The van der Waals surface area contributed by atoms with Gasteiger partial charge in [0.25, 0.3) is 5.91 Å². The molecule has 0 saturated heterocycles. The minimum atomic E-state index is -0.365. The highest BCUT2D eigenvalue weighted by Crippen LogP contribution is 2.16. The minimum absolute atomic E-state index is 0.265. The van der Waals surface area contributed by atoms with Crippen LogP contribution in [0.3, 0.4) is 0 Å². The Hall–Kier alpha value is -3.02. The molecule has 2 aromatic carbocycles. The van der Waals surface area contributed by atoms with Crippen LogP contribution in [0.1, 0.15) is 23.1 Å². The summed E-state index contributed by atoms with van der Waals surface area (Å²) in [5.74, 6) is -0.720. The van der Waals surface area contributed by atoms with E-state index in [1.165, 1.54) is 24.3 Å². The molecule has 0 unspecified atom stereocenters. The van der Waals surface area contributed by atoms with Gasteiger partial charge in [0, 0.05) is 5.69 Å². The van der Waals surface area contributed by atoms with Crippen LogP contribution in [0.25, 0.3) is 5.69 Å². The molecule has 0 bridgehead atoms. The number of halogens is 1. The molecule has 0 aliphatic carbocycles. The average molecular weight is 310 g/mol. The number of amides is 1. The number of nitrogens with one attached hydrogen (secondary N) is 1. The lowest BCUT2D eigenvalue weighted by Gasteiger charge is -2.06. The van der Waals surface area contributed by atoms with E-state index in [0.717, 1.165) is 11.4 Å². The van der Waals surface area contributed by atoms with Crippen LogP contribution >= 0.6 is 0 Å². The Kier molecular flexibility index (Phi) is 4.14. The molecule has 0 aliphatic rings. The topological polar surface area (TPSA) is 59.8 Å². The number of hydrogen-bond donors (Lipinski definition) is 1. The monoisotopic (exact) mass is 310 g/mol. The minimum Gasteiger partial charge on any atom is -0.321 e. The maximum absolute atomic E-state index is 12.9. The highest BCUT2D eigenvalue weighted by atomic mass is 19.1. The summed E-state index contributed by atoms with van der Waals surface area (Å²) in [6, 6.07) is 15.1. The van der Waals surface area contributed by atoms with Gasteiger partial charge in [0.05, 0.1) is 11.4 Å². The Bertz CT molecular complexity index is 812. The SMILES string of the molecule is CCc1c(C(=O)Nc2ccc(F)cc2)nnn1-c1ccccc1. The zero-order chi connectivity index (χ0) is 16.2. The van der Waals surface area contributed by atoms with Gasteiger partial charge in [-0.15, -0.1) is 5.10 Å². The molecule has 1 N–H and O–H groups in total. The van der Waals surface area contributed by atoms with Crippen molar-refractivity contribution in [2.45, 2.75) is 13.3 Å². The lowest BCUT2D eigenvalue weighted by molar-refractivity contribution is 0.102. The molecular formula is C17H15FN4O. The summed E-state index contributed by atoms with van der Waals surface area (Å²) in [6.45, 7) is 1.94. The molecule has 1 aromatic heterocycles. The van der Waals surface area contributed by atoms with Crippen LogP contribution < -0.4 is 5.32 Å². The van der Waals surface area contributed by atoms with Gasteiger partial charge in [-0.3, -0.25) is 4.79 Å². The van der Waals surface area contributed by atoms with Gasteiger partial charge in [0.2, 0.25) is 0 Å². The number of para-hydroxylation sites is 1. The number of hydrogen-bond acceptors (Lipinski definition) is 3. The summed E-state index contributed by atoms with van der Waals surface area (Å²) in [4.78, 5) is 12.4. The van der Waals surface area contributed by atoms with Crippen LogP contribution in [0.5, 0.6) is 0 Å². The van der Waals surface area contributed by atoms with Crippen molar-refractivity contribution in [2.24, 2.45) is 0 Å². The molecule has 6 heteroatoms. The first kappa shape index (κ1) is 14.9. The molecule has 1 amide bonds. The van der Waals surface area contributed by atoms with Gasteiger partial charge >= 0.3 is 0 Å². The number of rotatable bonds is 4. The first-order chi connectivity index (χ1) is 11.2. The predicted molar refractivity (Wildman–Crippen MR) is 85.1 cm³/mol. The maximum atomic E-state index is 12.9. The highest BCUT2D eigenvalue weighted by Gasteiger charge is 2.19. The van der Waals surface area contributed by atoms with E-state index in [0.29, 0.717) is 12.1 Å². The zero-order valence-electron chi connectivity index (χ0n) is 12.5. The predicted octanol–water partition coefficient (Wildman–Crippen LogP) is 3.22. The summed E-state index contributed by atoms with van der Waals surface area (Å²) >= 11 is 0. The van der Waals surface area contributed by atoms with E-state index in [1.54, 1.807) is 4.68 Å². The fraction of sp³-hybridized carbons (Fsp3) is 0.118. The molecule has 0 spiro atoms. The third kappa shape index (κ3) is 3.11. The first-order valence-corrected chi connectivity index (χ1v) is 7.26. The van der Waals surface area contributed by atoms with Gasteiger partial charge in [0.1, 0.15) is 5.82 Å². The average Bonchev–Trinajstić information content (AvgIpc) is 3.02. The zero-order valence-corrected chi connectivity index (χ0v) is 12.5. The Morgan fingerprint density at radius 3 is 2.48 bits per heavy atom. The quantitative estimate of drug-likeness (QED) is 0.805. The molecule has 0 aliphatic heterocycles. The number of carbonyl (C=O) groups is 1. The summed E-state index contributed by atoms with van der Waals surface area (Å²) < 4.78 is 14.6. The van der Waals surface area contributed by atoms with E-state index in [4.69, 9.17) is 0 Å². The molecule has 0 fully saturated rings. The molecule has 3 aromatic rings. The summed E-state index contributed by atoms with van der Waals surface area (Å²) in [6.07, 6.45) is 0.605. The molecule has 5 nitrogen and oxygen atoms in total. The Morgan fingerprint density at radius 1 is 1.13 bits per heavy atom. The van der Waals surface area contributed by atoms with Gasteiger partial charge in [-0.2, -0.15) is 0 Å². The second-order valence-electron chi connectivity index (χ2n) is 4.95. The summed E-state index contributed by atoms with van der Waals surface area (Å²) in [5.41, 5.74) is 2.34. The first-order valence-electron chi connectivity index (χ1n) is 7.26. The molecular weight excluding hydrogens is 295 g/mol. The largest absolute Gasteiger partial charge is 0.321 e. The fourth-order valence-corrected chi connectivity index (χ4v) is 2.30. The standard InChI is InChI=1S/C17H15FN4O/c1-2-15-16(17(23)19-13-10-8-12(18)9-11-13)20-21-22(15)14-6-4-3-5-7-14/h3-11H,2H2,1H3,(H,19,23). The van der Waals surface area contributed by atoms with Gasteiger partial charge in [-0.05, 0) is 42.8 Å². The number of aromatic nitrogens is 3. The van der Waals surface area contributed by atoms with Gasteiger partial charge in [0.15, 0.2) is 5.69 Å². The lowest BCUT2D eigenvalue weighted by Crippen LogP contribution is -2.15. The van der Waals surface area contributed by atoms with E-state index < -0.39 is 0 Å². The van der Waals surface area contributed by atoms with E-state index >= 15 is 0 Å². The van der Waals surface area contributed by atoms with Crippen LogP contribution in [-0.4, -0.2) is 20.9 Å². The van der Waals surface area contributed by atoms with E-state index in [-0.39, 0.29) is 17.4 Å². The molecule has 0 saturated carbocycles. The van der Waals surface area contributed by atoms with Crippen LogP contribution in [0.4, 0.5) is 10.1 Å². The molecule has 0 radical (unpaired) electrons. The molecule has 116 valence electrons. The summed E-state index contributed by atoms with van der Waals surface area (Å²) in [7, 11) is 0. The van der Waals surface area contributed by atoms with Crippen molar-refractivity contribution < 1.29 is 9.18 Å². The van der Waals surface area contributed by atoms with Crippen molar-refractivity contribution >= 4 is 11.6 Å². The third-order valence-corrected chi connectivity index (χ3v) is 3.42. The van der Waals surface area contributed by atoms with Gasteiger partial charge in [-0.25, -0.2) is 9.07 Å². The van der Waals surface area contributed by atoms with Crippen molar-refractivity contribution in [3.63, 3.8) is 0 Å². The molecule has 0 atom stereocenters. The number of benzene rings is 2. The molecule has 3 rings (SSSR count). The van der Waals surface area contributed by atoms with Crippen molar-refractivity contribution in [1.82, 2.24) is 15.0 Å². The summed E-state index contributed by atoms with van der Waals surface area (Å²) in [5, 5.41) is 10.8. The number of carbonyl (C=O) groups excluding carboxylic acids is 1.